The largest absolute Gasteiger partial charge is 0.439 e. The number of anilines is 1. The first-order valence-corrected chi connectivity index (χ1v) is 9.18. The predicted octanol–water partition coefficient (Wildman–Crippen LogP) is 4.42. The molecule has 0 aliphatic heterocycles. The van der Waals surface area contributed by atoms with Gasteiger partial charge in [-0.1, -0.05) is 17.7 Å². The number of carbonyl (C=O) groups is 1. The van der Waals surface area contributed by atoms with Crippen LogP contribution >= 0.6 is 11.6 Å². The summed E-state index contributed by atoms with van der Waals surface area (Å²) in [6.07, 6.45) is 5.25. The third-order valence-corrected chi connectivity index (χ3v) is 4.22. The molecule has 3 heterocycles. The molecule has 4 aromatic rings. The first-order chi connectivity index (χ1) is 14.2. The lowest BCUT2D eigenvalue weighted by Gasteiger charge is -2.07. The highest BCUT2D eigenvalue weighted by Crippen LogP contribution is 2.21. The summed E-state index contributed by atoms with van der Waals surface area (Å²) in [5, 5.41) is 7.72. The molecule has 0 aliphatic rings. The van der Waals surface area contributed by atoms with E-state index in [2.05, 4.69) is 20.4 Å². The van der Waals surface area contributed by atoms with Gasteiger partial charge in [0.1, 0.15) is 11.4 Å². The topological polar surface area (TPSA) is 81.9 Å². The average Bonchev–Trinajstić information content (AvgIpc) is 3.17. The number of aromatic nitrogens is 4. The van der Waals surface area contributed by atoms with E-state index in [0.29, 0.717) is 29.0 Å². The second-order valence-corrected chi connectivity index (χ2v) is 6.56. The Labute approximate surface area is 172 Å². The zero-order valence-corrected chi connectivity index (χ0v) is 16.0. The van der Waals surface area contributed by atoms with Crippen molar-refractivity contribution in [2.45, 2.75) is 6.54 Å². The maximum atomic E-state index is 12.5. The van der Waals surface area contributed by atoms with Crippen LogP contribution < -0.4 is 10.1 Å². The summed E-state index contributed by atoms with van der Waals surface area (Å²) in [6.45, 7) is 0.584. The van der Waals surface area contributed by atoms with Crippen LogP contribution in [0.4, 0.5) is 5.82 Å². The van der Waals surface area contributed by atoms with E-state index in [4.69, 9.17) is 16.3 Å². The minimum absolute atomic E-state index is 0.222. The Bertz CT molecular complexity index is 1110. The van der Waals surface area contributed by atoms with Crippen LogP contribution in [0, 0.1) is 0 Å². The Hall–Kier alpha value is -3.71. The lowest BCUT2D eigenvalue weighted by atomic mass is 10.3. The Kier molecular flexibility index (Phi) is 5.49. The van der Waals surface area contributed by atoms with Crippen LogP contribution in [-0.2, 0) is 6.54 Å². The monoisotopic (exact) mass is 405 g/mol. The fraction of sp³-hybridized carbons (Fsp3) is 0.0476. The van der Waals surface area contributed by atoms with Gasteiger partial charge in [-0.15, -0.1) is 0 Å². The zero-order chi connectivity index (χ0) is 20.1. The number of hydrogen-bond acceptors (Lipinski definition) is 5. The molecular weight excluding hydrogens is 390 g/mol. The molecule has 8 heteroatoms. The van der Waals surface area contributed by atoms with Crippen molar-refractivity contribution in [3.8, 4) is 11.6 Å². The Morgan fingerprint density at radius 2 is 1.83 bits per heavy atom. The van der Waals surface area contributed by atoms with Crippen molar-refractivity contribution < 1.29 is 9.53 Å². The summed E-state index contributed by atoms with van der Waals surface area (Å²) >= 11 is 5.87. The molecule has 0 fully saturated rings. The molecule has 144 valence electrons. The quantitative estimate of drug-likeness (QED) is 0.513. The fourth-order valence-electron chi connectivity index (χ4n) is 2.59. The Morgan fingerprint density at radius 3 is 2.62 bits per heavy atom. The number of carbonyl (C=O) groups excluding carboxylic acids is 1. The second-order valence-electron chi connectivity index (χ2n) is 6.13. The van der Waals surface area contributed by atoms with Crippen molar-refractivity contribution in [1.29, 1.82) is 0 Å². The highest BCUT2D eigenvalue weighted by atomic mass is 35.5. The molecule has 3 aromatic heterocycles. The Morgan fingerprint density at radius 1 is 1.03 bits per heavy atom. The van der Waals surface area contributed by atoms with Crippen molar-refractivity contribution in [2.24, 2.45) is 0 Å². The maximum Gasteiger partial charge on any atom is 0.275 e. The summed E-state index contributed by atoms with van der Waals surface area (Å²) in [4.78, 5) is 20.8. The highest BCUT2D eigenvalue weighted by molar-refractivity contribution is 6.30. The molecule has 1 amide bonds. The number of amides is 1. The average molecular weight is 406 g/mol. The van der Waals surface area contributed by atoms with E-state index in [1.165, 1.54) is 0 Å². The number of nitrogens with one attached hydrogen (secondary N) is 1. The van der Waals surface area contributed by atoms with Crippen LogP contribution in [0.1, 0.15) is 16.1 Å². The van der Waals surface area contributed by atoms with Crippen LogP contribution in [0.2, 0.25) is 5.02 Å². The molecule has 0 spiro atoms. The van der Waals surface area contributed by atoms with Crippen molar-refractivity contribution in [2.75, 3.05) is 5.32 Å². The molecule has 0 radical (unpaired) electrons. The number of halogens is 1. The molecule has 0 atom stereocenters. The lowest BCUT2D eigenvalue weighted by Crippen LogP contribution is -2.14. The van der Waals surface area contributed by atoms with Crippen molar-refractivity contribution in [3.63, 3.8) is 0 Å². The van der Waals surface area contributed by atoms with Gasteiger partial charge in [-0.25, -0.2) is 4.98 Å². The number of pyridine rings is 2. The van der Waals surface area contributed by atoms with E-state index in [-0.39, 0.29) is 11.6 Å². The van der Waals surface area contributed by atoms with Crippen molar-refractivity contribution in [1.82, 2.24) is 19.7 Å². The molecule has 4 rings (SSSR count). The van der Waals surface area contributed by atoms with Gasteiger partial charge in [0.05, 0.1) is 6.54 Å². The van der Waals surface area contributed by atoms with Crippen LogP contribution in [-0.4, -0.2) is 25.7 Å². The first kappa shape index (κ1) is 18.6. The summed E-state index contributed by atoms with van der Waals surface area (Å²) < 4.78 is 7.40. The third kappa shape index (κ3) is 4.97. The second kappa shape index (κ2) is 8.53. The first-order valence-electron chi connectivity index (χ1n) is 8.80. The predicted molar refractivity (Wildman–Crippen MR) is 109 cm³/mol. The smallest absolute Gasteiger partial charge is 0.275 e. The molecule has 29 heavy (non-hydrogen) atoms. The third-order valence-electron chi connectivity index (χ3n) is 3.97. The molecule has 7 nitrogen and oxygen atoms in total. The van der Waals surface area contributed by atoms with Gasteiger partial charge in [-0.05, 0) is 48.0 Å². The van der Waals surface area contributed by atoms with Gasteiger partial charge in [0, 0.05) is 35.7 Å². The molecule has 0 saturated heterocycles. The van der Waals surface area contributed by atoms with Crippen LogP contribution in [0.5, 0.6) is 11.6 Å². The maximum absolute atomic E-state index is 12.5. The van der Waals surface area contributed by atoms with Gasteiger partial charge in [-0.2, -0.15) is 5.10 Å². The van der Waals surface area contributed by atoms with Crippen LogP contribution in [0.25, 0.3) is 0 Å². The van der Waals surface area contributed by atoms with Crippen LogP contribution in [0.3, 0.4) is 0 Å². The number of rotatable bonds is 6. The number of ether oxygens (including phenoxy) is 1. The SMILES string of the molecule is O=C(Nc1ccn(Cc2ccncc2)n1)c1cccc(Oc2ccc(Cl)cc2)n1. The number of hydrogen-bond donors (Lipinski definition) is 1. The summed E-state index contributed by atoms with van der Waals surface area (Å²) in [6, 6.07) is 17.4. The van der Waals surface area contributed by atoms with Gasteiger partial charge < -0.3 is 10.1 Å². The molecular formula is C21H16ClN5O2. The summed E-state index contributed by atoms with van der Waals surface area (Å²) in [7, 11) is 0. The lowest BCUT2D eigenvalue weighted by molar-refractivity contribution is 0.102. The molecule has 1 aromatic carbocycles. The summed E-state index contributed by atoms with van der Waals surface area (Å²) in [5.41, 5.74) is 1.29. The standard InChI is InChI=1S/C21H16ClN5O2/c22-16-4-6-17(7-5-16)29-20-3-1-2-18(24-20)21(28)25-19-10-13-27(26-19)14-15-8-11-23-12-9-15/h1-13H,14H2,(H,25,26,28). The van der Waals surface area contributed by atoms with Gasteiger partial charge in [0.2, 0.25) is 5.88 Å². The number of nitrogens with zero attached hydrogens (tertiary/aromatic N) is 4. The van der Waals surface area contributed by atoms with E-state index in [1.807, 2.05) is 12.1 Å². The fourth-order valence-corrected chi connectivity index (χ4v) is 2.72. The normalized spacial score (nSPS) is 10.5. The van der Waals surface area contributed by atoms with E-state index in [1.54, 1.807) is 71.8 Å². The summed E-state index contributed by atoms with van der Waals surface area (Å²) in [5.74, 6) is 0.952. The van der Waals surface area contributed by atoms with Gasteiger partial charge in [-0.3, -0.25) is 14.5 Å². The minimum atomic E-state index is -0.374. The van der Waals surface area contributed by atoms with E-state index < -0.39 is 0 Å². The molecule has 0 aliphatic carbocycles. The van der Waals surface area contributed by atoms with E-state index in [9.17, 15) is 4.79 Å². The van der Waals surface area contributed by atoms with Crippen molar-refractivity contribution in [3.05, 3.63) is 95.5 Å². The Balaban J connectivity index is 1.41. The van der Waals surface area contributed by atoms with Gasteiger partial charge in [0.25, 0.3) is 5.91 Å². The van der Waals surface area contributed by atoms with Gasteiger partial charge in [0.15, 0.2) is 5.82 Å². The van der Waals surface area contributed by atoms with Gasteiger partial charge >= 0.3 is 0 Å². The molecule has 0 bridgehead atoms. The number of benzene rings is 1. The van der Waals surface area contributed by atoms with E-state index >= 15 is 0 Å². The zero-order valence-electron chi connectivity index (χ0n) is 15.2. The molecule has 0 unspecified atom stereocenters. The minimum Gasteiger partial charge on any atom is -0.439 e. The van der Waals surface area contributed by atoms with Crippen molar-refractivity contribution >= 4 is 23.3 Å². The van der Waals surface area contributed by atoms with Crippen LogP contribution in [0.15, 0.2) is 79.3 Å². The molecule has 1 N–H and O–H groups in total. The molecule has 0 saturated carbocycles. The highest BCUT2D eigenvalue weighted by Gasteiger charge is 2.11. The van der Waals surface area contributed by atoms with E-state index in [0.717, 1.165) is 5.56 Å².